The topological polar surface area (TPSA) is 134 Å². The van der Waals surface area contributed by atoms with Gasteiger partial charge in [-0.2, -0.15) is 10.4 Å². The van der Waals surface area contributed by atoms with Crippen molar-refractivity contribution in [2.45, 2.75) is 6.54 Å². The molecule has 4 aromatic rings. The first-order valence-corrected chi connectivity index (χ1v) is 9.99. The predicted molar refractivity (Wildman–Crippen MR) is 124 cm³/mol. The van der Waals surface area contributed by atoms with Crippen LogP contribution in [-0.4, -0.2) is 27.7 Å². The number of nitrogens with zero attached hydrogens (tertiary/aromatic N) is 3. The summed E-state index contributed by atoms with van der Waals surface area (Å²) in [5, 5.41) is 23.5. The molecule has 0 fully saturated rings. The molecule has 0 saturated heterocycles. The Balaban J connectivity index is 1.53. The maximum Gasteiger partial charge on any atom is 0.271 e. The van der Waals surface area contributed by atoms with E-state index in [0.717, 1.165) is 22.0 Å². The van der Waals surface area contributed by atoms with Crippen LogP contribution in [0.2, 0.25) is 0 Å². The number of hydrogen-bond donors (Lipinski definition) is 3. The van der Waals surface area contributed by atoms with Crippen LogP contribution in [-0.2, 0) is 6.54 Å². The first-order chi connectivity index (χ1) is 16.0. The first-order valence-electron chi connectivity index (χ1n) is 9.99. The predicted octanol–water partition coefficient (Wildman–Crippen LogP) is 3.13. The minimum absolute atomic E-state index is 0.0131. The Morgan fingerprint density at radius 3 is 2.70 bits per heavy atom. The molecule has 0 aliphatic rings. The minimum Gasteiger partial charge on any atom is -0.507 e. The number of aromatic hydroxyl groups is 1. The number of phenolic OH excluding ortho intramolecular Hbond substituents is 1. The van der Waals surface area contributed by atoms with E-state index in [0.29, 0.717) is 12.1 Å². The smallest absolute Gasteiger partial charge is 0.271 e. The van der Waals surface area contributed by atoms with E-state index in [1.165, 1.54) is 18.2 Å². The molecule has 3 aromatic carbocycles. The molecule has 162 valence electrons. The van der Waals surface area contributed by atoms with Crippen molar-refractivity contribution < 1.29 is 14.7 Å². The van der Waals surface area contributed by atoms with Crippen LogP contribution in [0.3, 0.4) is 0 Å². The SMILES string of the molecule is N#Cc1cc(C(=O)NN=Cc2cccc3c2ccn3Cc2cccc(C(N)=O)c2)ccc1O. The lowest BCUT2D eigenvalue weighted by atomic mass is 10.1. The van der Waals surface area contributed by atoms with Gasteiger partial charge in [0.15, 0.2) is 0 Å². The van der Waals surface area contributed by atoms with Gasteiger partial charge in [0.05, 0.1) is 11.8 Å². The largest absolute Gasteiger partial charge is 0.507 e. The van der Waals surface area contributed by atoms with Crippen LogP contribution in [0, 0.1) is 11.3 Å². The Morgan fingerprint density at radius 2 is 1.91 bits per heavy atom. The molecule has 4 rings (SSSR count). The van der Waals surface area contributed by atoms with Crippen molar-refractivity contribution in [1.29, 1.82) is 5.26 Å². The second kappa shape index (κ2) is 9.08. The molecule has 0 bridgehead atoms. The van der Waals surface area contributed by atoms with Gasteiger partial charge in [0.25, 0.3) is 5.91 Å². The molecule has 4 N–H and O–H groups in total. The molecule has 0 saturated carbocycles. The zero-order valence-electron chi connectivity index (χ0n) is 17.4. The van der Waals surface area contributed by atoms with E-state index < -0.39 is 11.8 Å². The molecule has 33 heavy (non-hydrogen) atoms. The standard InChI is InChI=1S/C25H19N5O3/c26-13-20-12-18(7-8-23(20)31)25(33)29-28-14-19-5-2-6-22-21(19)9-10-30(22)15-16-3-1-4-17(11-16)24(27)32/h1-12,14,31H,15H2,(H2,27,32)(H,29,33). The van der Waals surface area contributed by atoms with E-state index >= 15 is 0 Å². The van der Waals surface area contributed by atoms with Crippen molar-refractivity contribution in [2.75, 3.05) is 0 Å². The molecule has 0 aliphatic carbocycles. The van der Waals surface area contributed by atoms with Crippen molar-refractivity contribution in [3.05, 3.63) is 101 Å². The van der Waals surface area contributed by atoms with Crippen LogP contribution in [0.5, 0.6) is 5.75 Å². The summed E-state index contributed by atoms with van der Waals surface area (Å²) < 4.78 is 2.05. The van der Waals surface area contributed by atoms with Crippen LogP contribution < -0.4 is 11.2 Å². The van der Waals surface area contributed by atoms with Crippen LogP contribution in [0.25, 0.3) is 10.9 Å². The van der Waals surface area contributed by atoms with E-state index in [-0.39, 0.29) is 16.9 Å². The van der Waals surface area contributed by atoms with Gasteiger partial charge in [0.2, 0.25) is 5.91 Å². The molecular formula is C25H19N5O3. The Bertz CT molecular complexity index is 1450. The van der Waals surface area contributed by atoms with Gasteiger partial charge in [-0.25, -0.2) is 5.43 Å². The normalized spacial score (nSPS) is 10.9. The summed E-state index contributed by atoms with van der Waals surface area (Å²) in [5.74, 6) is -1.15. The zero-order chi connectivity index (χ0) is 23.4. The number of nitrogens with one attached hydrogen (secondary N) is 1. The van der Waals surface area contributed by atoms with Crippen molar-refractivity contribution in [2.24, 2.45) is 10.8 Å². The number of nitrogens with two attached hydrogens (primary N) is 1. The number of fused-ring (bicyclic) bond motifs is 1. The monoisotopic (exact) mass is 437 g/mol. The lowest BCUT2D eigenvalue weighted by Gasteiger charge is -2.07. The average Bonchev–Trinajstić information content (AvgIpc) is 3.23. The number of carbonyl (C=O) groups is 2. The summed E-state index contributed by atoms with van der Waals surface area (Å²) in [5.41, 5.74) is 11.2. The van der Waals surface area contributed by atoms with E-state index in [1.54, 1.807) is 24.4 Å². The van der Waals surface area contributed by atoms with Gasteiger partial charge in [-0.3, -0.25) is 9.59 Å². The number of amides is 2. The van der Waals surface area contributed by atoms with Gasteiger partial charge in [-0.1, -0.05) is 24.3 Å². The van der Waals surface area contributed by atoms with Gasteiger partial charge in [-0.15, -0.1) is 0 Å². The van der Waals surface area contributed by atoms with E-state index in [9.17, 15) is 14.7 Å². The lowest BCUT2D eigenvalue weighted by Crippen LogP contribution is -2.17. The molecular weight excluding hydrogens is 418 g/mol. The van der Waals surface area contributed by atoms with Crippen LogP contribution in [0.4, 0.5) is 0 Å². The zero-order valence-corrected chi connectivity index (χ0v) is 17.4. The van der Waals surface area contributed by atoms with Crippen LogP contribution in [0.1, 0.15) is 37.4 Å². The molecule has 2 amide bonds. The summed E-state index contributed by atoms with van der Waals surface area (Å²) >= 11 is 0. The number of rotatable bonds is 6. The summed E-state index contributed by atoms with van der Waals surface area (Å²) in [6.07, 6.45) is 3.49. The average molecular weight is 437 g/mol. The molecule has 1 heterocycles. The van der Waals surface area contributed by atoms with Gasteiger partial charge in [0.1, 0.15) is 11.8 Å². The molecule has 1 aromatic heterocycles. The summed E-state index contributed by atoms with van der Waals surface area (Å²) in [7, 11) is 0. The van der Waals surface area contributed by atoms with Crippen molar-refractivity contribution in [3.8, 4) is 11.8 Å². The third-order valence-corrected chi connectivity index (χ3v) is 5.16. The van der Waals surface area contributed by atoms with E-state index in [2.05, 4.69) is 10.5 Å². The number of phenols is 1. The number of aromatic nitrogens is 1. The highest BCUT2D eigenvalue weighted by molar-refractivity contribution is 6.00. The number of hydrogen-bond acceptors (Lipinski definition) is 5. The highest BCUT2D eigenvalue weighted by Gasteiger charge is 2.09. The second-order valence-corrected chi connectivity index (χ2v) is 7.33. The molecule has 8 nitrogen and oxygen atoms in total. The third-order valence-electron chi connectivity index (χ3n) is 5.16. The molecule has 0 aliphatic heterocycles. The molecule has 0 spiro atoms. The molecule has 0 unspecified atom stereocenters. The molecule has 8 heteroatoms. The number of primary amides is 1. The fourth-order valence-corrected chi connectivity index (χ4v) is 3.51. The Morgan fingerprint density at radius 1 is 1.09 bits per heavy atom. The van der Waals surface area contributed by atoms with E-state index in [1.807, 2.05) is 47.2 Å². The van der Waals surface area contributed by atoms with Gasteiger partial charge >= 0.3 is 0 Å². The van der Waals surface area contributed by atoms with E-state index in [4.69, 9.17) is 11.0 Å². The highest BCUT2D eigenvalue weighted by atomic mass is 16.3. The third kappa shape index (κ3) is 4.57. The quantitative estimate of drug-likeness (QED) is 0.316. The van der Waals surface area contributed by atoms with Gasteiger partial charge in [-0.05, 0) is 48.0 Å². The van der Waals surface area contributed by atoms with Crippen molar-refractivity contribution in [1.82, 2.24) is 9.99 Å². The Hall–Kier alpha value is -4.90. The maximum absolute atomic E-state index is 12.3. The highest BCUT2D eigenvalue weighted by Crippen LogP contribution is 2.21. The summed E-state index contributed by atoms with van der Waals surface area (Å²) in [6.45, 7) is 0.560. The Kier molecular flexibility index (Phi) is 5.87. The van der Waals surface area contributed by atoms with Crippen molar-refractivity contribution >= 4 is 28.9 Å². The Labute approximate surface area is 189 Å². The number of nitriles is 1. The number of carbonyl (C=O) groups excluding carboxylic acids is 2. The maximum atomic E-state index is 12.3. The lowest BCUT2D eigenvalue weighted by molar-refractivity contribution is 0.0953. The van der Waals surface area contributed by atoms with Gasteiger partial charge < -0.3 is 15.4 Å². The first kappa shape index (κ1) is 21.3. The molecule has 0 atom stereocenters. The second-order valence-electron chi connectivity index (χ2n) is 7.33. The minimum atomic E-state index is -0.498. The number of hydrazone groups is 1. The van der Waals surface area contributed by atoms with Crippen molar-refractivity contribution in [3.63, 3.8) is 0 Å². The van der Waals surface area contributed by atoms with Gasteiger partial charge in [0, 0.05) is 40.3 Å². The molecule has 0 radical (unpaired) electrons. The van der Waals surface area contributed by atoms with Crippen LogP contribution in [0.15, 0.2) is 78.0 Å². The summed E-state index contributed by atoms with van der Waals surface area (Å²) in [4.78, 5) is 23.8. The van der Waals surface area contributed by atoms with Crippen LogP contribution >= 0.6 is 0 Å². The fraction of sp³-hybridized carbons (Fsp3) is 0.0400. The fourth-order valence-electron chi connectivity index (χ4n) is 3.51. The summed E-state index contributed by atoms with van der Waals surface area (Å²) in [6, 6.07) is 20.7. The number of benzene rings is 3.